The lowest BCUT2D eigenvalue weighted by atomic mass is 10.1. The summed E-state index contributed by atoms with van der Waals surface area (Å²) in [6.07, 6.45) is -0.984. The molecule has 6 nitrogen and oxygen atoms in total. The Morgan fingerprint density at radius 3 is 2.48 bits per heavy atom. The zero-order chi connectivity index (χ0) is 17.1. The second-order valence-electron chi connectivity index (χ2n) is 5.43. The van der Waals surface area contributed by atoms with Gasteiger partial charge in [-0.25, -0.2) is 9.59 Å². The monoisotopic (exact) mass is 320 g/mol. The summed E-state index contributed by atoms with van der Waals surface area (Å²) in [4.78, 5) is 23.7. The normalized spacial score (nSPS) is 12.3. The lowest BCUT2D eigenvalue weighted by molar-refractivity contribution is -0.147. The van der Waals surface area contributed by atoms with Gasteiger partial charge in [-0.1, -0.05) is 0 Å². The number of methoxy groups -OCH3 is 1. The van der Waals surface area contributed by atoms with Crippen molar-refractivity contribution in [2.45, 2.75) is 39.9 Å². The number of hydrogen-bond donors (Lipinski definition) is 0. The van der Waals surface area contributed by atoms with Crippen molar-refractivity contribution in [2.75, 3.05) is 7.11 Å². The van der Waals surface area contributed by atoms with Gasteiger partial charge in [0.15, 0.2) is 6.10 Å². The maximum Gasteiger partial charge on any atom is 0.346 e. The van der Waals surface area contributed by atoms with E-state index in [2.05, 4.69) is 4.74 Å². The van der Waals surface area contributed by atoms with Crippen molar-refractivity contribution in [3.63, 3.8) is 0 Å². The summed E-state index contributed by atoms with van der Waals surface area (Å²) in [5, 5.41) is 0.586. The minimum atomic E-state index is -0.753. The molecule has 0 fully saturated rings. The average Bonchev–Trinajstić information content (AvgIpc) is 2.80. The summed E-state index contributed by atoms with van der Waals surface area (Å²) in [6, 6.07) is 5.01. The Labute approximate surface area is 134 Å². The summed E-state index contributed by atoms with van der Waals surface area (Å²) in [5.41, 5.74) is 0.918. The van der Waals surface area contributed by atoms with E-state index in [1.807, 2.05) is 0 Å². The number of furan rings is 1. The molecule has 1 aromatic carbocycles. The second kappa shape index (κ2) is 6.73. The smallest absolute Gasteiger partial charge is 0.346 e. The number of carbonyl (C=O) groups is 2. The number of carbonyl (C=O) groups excluding carboxylic acids is 2. The van der Waals surface area contributed by atoms with Gasteiger partial charge >= 0.3 is 11.9 Å². The molecule has 0 saturated carbocycles. The molecule has 2 aromatic rings. The van der Waals surface area contributed by atoms with Gasteiger partial charge in [-0.05, 0) is 45.9 Å². The average molecular weight is 320 g/mol. The van der Waals surface area contributed by atoms with Gasteiger partial charge in [0, 0.05) is 5.39 Å². The fourth-order valence-electron chi connectivity index (χ4n) is 2.22. The highest BCUT2D eigenvalue weighted by Gasteiger charge is 2.22. The fraction of sp³-hybridized carbons (Fsp3) is 0.412. The van der Waals surface area contributed by atoms with Crippen LogP contribution in [0.25, 0.3) is 11.0 Å². The Balaban J connectivity index is 2.38. The third-order valence-corrected chi connectivity index (χ3v) is 3.23. The van der Waals surface area contributed by atoms with Gasteiger partial charge in [0.25, 0.3) is 0 Å². The van der Waals surface area contributed by atoms with Crippen molar-refractivity contribution >= 4 is 22.9 Å². The van der Waals surface area contributed by atoms with Crippen LogP contribution >= 0.6 is 0 Å². The predicted molar refractivity (Wildman–Crippen MR) is 83.6 cm³/mol. The minimum Gasteiger partial charge on any atom is -0.479 e. The highest BCUT2D eigenvalue weighted by Crippen LogP contribution is 2.30. The predicted octanol–water partition coefficient (Wildman–Crippen LogP) is 3.25. The molecule has 124 valence electrons. The molecule has 0 aliphatic rings. The third-order valence-electron chi connectivity index (χ3n) is 3.23. The van der Waals surface area contributed by atoms with E-state index in [4.69, 9.17) is 13.9 Å². The molecule has 0 aliphatic carbocycles. The summed E-state index contributed by atoms with van der Waals surface area (Å²) in [5.74, 6) is -0.0130. The van der Waals surface area contributed by atoms with Gasteiger partial charge in [0.2, 0.25) is 0 Å². The lowest BCUT2D eigenvalue weighted by Crippen LogP contribution is -2.24. The maximum atomic E-state index is 12.2. The van der Waals surface area contributed by atoms with Crippen LogP contribution < -0.4 is 4.74 Å². The van der Waals surface area contributed by atoms with Crippen LogP contribution in [0.4, 0.5) is 0 Å². The number of fused-ring (bicyclic) bond motifs is 1. The molecule has 0 unspecified atom stereocenters. The van der Waals surface area contributed by atoms with Crippen LogP contribution in [0.15, 0.2) is 22.6 Å². The van der Waals surface area contributed by atoms with Crippen LogP contribution in [-0.4, -0.2) is 31.3 Å². The van der Waals surface area contributed by atoms with E-state index in [-0.39, 0.29) is 6.10 Å². The van der Waals surface area contributed by atoms with Crippen LogP contribution in [0.2, 0.25) is 0 Å². The molecule has 23 heavy (non-hydrogen) atoms. The molecule has 0 amide bonds. The molecule has 0 bridgehead atoms. The van der Waals surface area contributed by atoms with Gasteiger partial charge in [0.05, 0.1) is 13.2 Å². The quantitative estimate of drug-likeness (QED) is 0.787. The molecule has 1 heterocycles. The Morgan fingerprint density at radius 2 is 1.87 bits per heavy atom. The number of hydrogen-bond acceptors (Lipinski definition) is 6. The van der Waals surface area contributed by atoms with Gasteiger partial charge in [-0.3, -0.25) is 0 Å². The van der Waals surface area contributed by atoms with Crippen molar-refractivity contribution in [1.82, 2.24) is 0 Å². The molecule has 0 radical (unpaired) electrons. The summed E-state index contributed by atoms with van der Waals surface area (Å²) in [7, 11) is 1.30. The van der Waals surface area contributed by atoms with E-state index >= 15 is 0 Å². The van der Waals surface area contributed by atoms with Gasteiger partial charge < -0.3 is 18.6 Å². The van der Waals surface area contributed by atoms with Crippen molar-refractivity contribution in [3.8, 4) is 5.75 Å². The first-order chi connectivity index (χ1) is 10.8. The van der Waals surface area contributed by atoms with Crippen LogP contribution in [0.5, 0.6) is 5.75 Å². The molecule has 6 heteroatoms. The van der Waals surface area contributed by atoms with Gasteiger partial charge in [-0.2, -0.15) is 0 Å². The number of esters is 2. The molecule has 0 N–H and O–H groups in total. The topological polar surface area (TPSA) is 75.0 Å². The molecule has 2 rings (SSSR count). The molecular weight excluding hydrogens is 300 g/mol. The van der Waals surface area contributed by atoms with Crippen molar-refractivity contribution in [1.29, 1.82) is 0 Å². The summed E-state index contributed by atoms with van der Waals surface area (Å²) >= 11 is 0. The first-order valence-corrected chi connectivity index (χ1v) is 7.32. The largest absolute Gasteiger partial charge is 0.479 e. The van der Waals surface area contributed by atoms with Gasteiger partial charge in [0.1, 0.15) is 22.7 Å². The minimum absolute atomic E-state index is 0.231. The zero-order valence-corrected chi connectivity index (χ0v) is 13.8. The highest BCUT2D eigenvalue weighted by molar-refractivity contribution is 6.05. The van der Waals surface area contributed by atoms with Crippen LogP contribution in [0, 0.1) is 6.92 Å². The molecular formula is C17H20O6. The Hall–Kier alpha value is -2.50. The van der Waals surface area contributed by atoms with Gasteiger partial charge in [-0.15, -0.1) is 0 Å². The summed E-state index contributed by atoms with van der Waals surface area (Å²) < 4.78 is 21.0. The SMILES string of the molecule is COC(=O)[C@@H](C)Oc1ccc2oc(C)c(C(=O)OC(C)C)c2c1. The highest BCUT2D eigenvalue weighted by atomic mass is 16.6. The van der Waals surface area contributed by atoms with Crippen molar-refractivity contribution < 1.29 is 28.2 Å². The Bertz CT molecular complexity index is 728. The lowest BCUT2D eigenvalue weighted by Gasteiger charge is -2.12. The number of aryl methyl sites for hydroxylation is 1. The van der Waals surface area contributed by atoms with Crippen LogP contribution in [0.3, 0.4) is 0 Å². The van der Waals surface area contributed by atoms with Crippen molar-refractivity contribution in [3.05, 3.63) is 29.5 Å². The number of rotatable bonds is 5. The van der Waals surface area contributed by atoms with E-state index in [1.165, 1.54) is 7.11 Å². The van der Waals surface area contributed by atoms with Crippen LogP contribution in [0.1, 0.15) is 36.9 Å². The Kier molecular flexibility index (Phi) is 4.93. The standard InChI is InChI=1S/C17H20O6/c1-9(2)21-17(19)15-10(3)23-14-7-6-12(8-13(14)15)22-11(4)16(18)20-5/h6-9,11H,1-5H3/t11-/m1/s1. The molecule has 0 saturated heterocycles. The Morgan fingerprint density at radius 1 is 1.17 bits per heavy atom. The fourth-order valence-corrected chi connectivity index (χ4v) is 2.22. The number of ether oxygens (including phenoxy) is 3. The van der Waals surface area contributed by atoms with E-state index in [1.54, 1.807) is 45.9 Å². The maximum absolute atomic E-state index is 12.2. The molecule has 1 atom stereocenters. The molecule has 1 aromatic heterocycles. The van der Waals surface area contributed by atoms with E-state index in [0.29, 0.717) is 28.0 Å². The molecule has 0 aliphatic heterocycles. The van der Waals surface area contributed by atoms with E-state index in [9.17, 15) is 9.59 Å². The molecule has 0 spiro atoms. The van der Waals surface area contributed by atoms with Crippen LogP contribution in [-0.2, 0) is 14.3 Å². The third kappa shape index (κ3) is 3.64. The van der Waals surface area contributed by atoms with E-state index in [0.717, 1.165) is 0 Å². The van der Waals surface area contributed by atoms with E-state index < -0.39 is 18.0 Å². The summed E-state index contributed by atoms with van der Waals surface area (Å²) in [6.45, 7) is 6.85. The van der Waals surface area contributed by atoms with Crippen molar-refractivity contribution in [2.24, 2.45) is 0 Å². The zero-order valence-electron chi connectivity index (χ0n) is 13.8. The second-order valence-corrected chi connectivity index (χ2v) is 5.43. The first kappa shape index (κ1) is 16.9. The first-order valence-electron chi connectivity index (χ1n) is 7.32. The number of benzene rings is 1.